The third-order valence-corrected chi connectivity index (χ3v) is 3.13. The van der Waals surface area contributed by atoms with Crippen molar-refractivity contribution in [3.8, 4) is 0 Å². The van der Waals surface area contributed by atoms with Gasteiger partial charge in [0.25, 0.3) is 0 Å². The summed E-state index contributed by atoms with van der Waals surface area (Å²) in [5.74, 6) is 0. The van der Waals surface area contributed by atoms with E-state index in [9.17, 15) is 0 Å². The fourth-order valence-corrected chi connectivity index (χ4v) is 1.86. The van der Waals surface area contributed by atoms with Gasteiger partial charge in [0, 0.05) is 39.8 Å². The highest BCUT2D eigenvalue weighted by molar-refractivity contribution is 7.80. The Bertz CT molecular complexity index is 178. The quantitative estimate of drug-likeness (QED) is 0.705. The van der Waals surface area contributed by atoms with E-state index in [1.807, 2.05) is 0 Å². The maximum absolute atomic E-state index is 5.43. The lowest BCUT2D eigenvalue weighted by molar-refractivity contribution is 0.316. The highest BCUT2D eigenvalue weighted by Gasteiger charge is 2.15. The van der Waals surface area contributed by atoms with Crippen LogP contribution in [0, 0.1) is 0 Å². The molecule has 0 aliphatic carbocycles. The predicted molar refractivity (Wildman–Crippen MR) is 64.6 cm³/mol. The van der Waals surface area contributed by atoms with Gasteiger partial charge in [0.15, 0.2) is 5.11 Å². The van der Waals surface area contributed by atoms with Crippen LogP contribution in [-0.4, -0.2) is 54.7 Å². The molecular formula is C10H21N3S. The summed E-state index contributed by atoms with van der Waals surface area (Å²) >= 11 is 5.43. The Morgan fingerprint density at radius 2 is 2.07 bits per heavy atom. The van der Waals surface area contributed by atoms with Crippen LogP contribution >= 0.6 is 12.2 Å². The SMILES string of the molecule is CCCCN(C)C(=S)N1CCNCC1. The Hall–Kier alpha value is -0.350. The van der Waals surface area contributed by atoms with Gasteiger partial charge in [-0.3, -0.25) is 0 Å². The molecule has 0 amide bonds. The third kappa shape index (κ3) is 3.42. The second-order valence-electron chi connectivity index (χ2n) is 3.79. The van der Waals surface area contributed by atoms with Crippen LogP contribution in [-0.2, 0) is 0 Å². The smallest absolute Gasteiger partial charge is 0.171 e. The zero-order valence-corrected chi connectivity index (χ0v) is 10.1. The highest BCUT2D eigenvalue weighted by Crippen LogP contribution is 2.01. The normalized spacial score (nSPS) is 16.9. The molecule has 0 aromatic rings. The minimum Gasteiger partial charge on any atom is -0.352 e. The molecule has 1 heterocycles. The second kappa shape index (κ2) is 6.19. The van der Waals surface area contributed by atoms with E-state index in [4.69, 9.17) is 12.2 Å². The van der Waals surface area contributed by atoms with Gasteiger partial charge in [-0.25, -0.2) is 0 Å². The van der Waals surface area contributed by atoms with E-state index in [0.29, 0.717) is 0 Å². The Morgan fingerprint density at radius 1 is 1.43 bits per heavy atom. The number of thiocarbonyl (C=S) groups is 1. The van der Waals surface area contributed by atoms with Crippen molar-refractivity contribution in [3.05, 3.63) is 0 Å². The van der Waals surface area contributed by atoms with E-state index in [1.165, 1.54) is 12.8 Å². The molecule has 1 rings (SSSR count). The molecule has 14 heavy (non-hydrogen) atoms. The summed E-state index contributed by atoms with van der Waals surface area (Å²) in [6.07, 6.45) is 2.46. The standard InChI is InChI=1S/C10H21N3S/c1-3-4-7-12(2)10(14)13-8-5-11-6-9-13/h11H,3-9H2,1-2H3. The van der Waals surface area contributed by atoms with Crippen molar-refractivity contribution in [2.45, 2.75) is 19.8 Å². The molecule has 82 valence electrons. The van der Waals surface area contributed by atoms with Crippen molar-refractivity contribution in [2.24, 2.45) is 0 Å². The Labute approximate surface area is 92.4 Å². The summed E-state index contributed by atoms with van der Waals surface area (Å²) in [7, 11) is 2.10. The fraction of sp³-hybridized carbons (Fsp3) is 0.900. The van der Waals surface area contributed by atoms with Crippen molar-refractivity contribution in [1.29, 1.82) is 0 Å². The number of hydrogen-bond acceptors (Lipinski definition) is 2. The molecule has 1 aliphatic heterocycles. The van der Waals surface area contributed by atoms with Gasteiger partial charge in [-0.1, -0.05) is 13.3 Å². The molecule has 1 N–H and O–H groups in total. The van der Waals surface area contributed by atoms with E-state index in [-0.39, 0.29) is 0 Å². The van der Waals surface area contributed by atoms with Gasteiger partial charge in [-0.2, -0.15) is 0 Å². The van der Waals surface area contributed by atoms with Crippen molar-refractivity contribution >= 4 is 17.3 Å². The topological polar surface area (TPSA) is 18.5 Å². The number of rotatable bonds is 3. The molecule has 0 aromatic carbocycles. The summed E-state index contributed by atoms with van der Waals surface area (Å²) in [5, 5.41) is 4.35. The molecule has 3 nitrogen and oxygen atoms in total. The van der Waals surface area contributed by atoms with Crippen molar-refractivity contribution in [2.75, 3.05) is 39.8 Å². The van der Waals surface area contributed by atoms with Crippen LogP contribution in [0.2, 0.25) is 0 Å². The van der Waals surface area contributed by atoms with Crippen molar-refractivity contribution in [1.82, 2.24) is 15.1 Å². The van der Waals surface area contributed by atoms with Gasteiger partial charge < -0.3 is 15.1 Å². The number of piperazine rings is 1. The third-order valence-electron chi connectivity index (χ3n) is 2.56. The molecule has 0 spiro atoms. The highest BCUT2D eigenvalue weighted by atomic mass is 32.1. The minimum absolute atomic E-state index is 1.01. The molecule has 1 aliphatic rings. The maximum Gasteiger partial charge on any atom is 0.171 e. The van der Waals surface area contributed by atoms with Crippen LogP contribution in [0.4, 0.5) is 0 Å². The summed E-state index contributed by atoms with van der Waals surface area (Å²) in [5.41, 5.74) is 0. The van der Waals surface area contributed by atoms with Gasteiger partial charge in [0.05, 0.1) is 0 Å². The van der Waals surface area contributed by atoms with Crippen LogP contribution < -0.4 is 5.32 Å². The van der Waals surface area contributed by atoms with Gasteiger partial charge in [0.1, 0.15) is 0 Å². The predicted octanol–water partition coefficient (Wildman–Crippen LogP) is 0.908. The molecule has 1 fully saturated rings. The Kier molecular flexibility index (Phi) is 5.19. The van der Waals surface area contributed by atoms with Crippen LogP contribution in [0.25, 0.3) is 0 Å². The lowest BCUT2D eigenvalue weighted by Gasteiger charge is -2.34. The van der Waals surface area contributed by atoms with Crippen molar-refractivity contribution < 1.29 is 0 Å². The van der Waals surface area contributed by atoms with Crippen LogP contribution in [0.5, 0.6) is 0 Å². The monoisotopic (exact) mass is 215 g/mol. The van der Waals surface area contributed by atoms with E-state index in [2.05, 4.69) is 29.1 Å². The second-order valence-corrected chi connectivity index (χ2v) is 4.16. The Balaban J connectivity index is 2.30. The fourth-order valence-electron chi connectivity index (χ4n) is 1.59. The molecule has 0 saturated carbocycles. The molecule has 0 aromatic heterocycles. The van der Waals surface area contributed by atoms with E-state index < -0.39 is 0 Å². The lowest BCUT2D eigenvalue weighted by atomic mass is 10.3. The number of nitrogens with one attached hydrogen (secondary N) is 1. The zero-order chi connectivity index (χ0) is 10.4. The minimum atomic E-state index is 1.01. The van der Waals surface area contributed by atoms with Gasteiger partial charge in [0.2, 0.25) is 0 Å². The lowest BCUT2D eigenvalue weighted by Crippen LogP contribution is -2.50. The average Bonchev–Trinajstić information content (AvgIpc) is 2.26. The summed E-state index contributed by atoms with van der Waals surface area (Å²) in [6, 6.07) is 0. The first kappa shape index (κ1) is 11.7. The Morgan fingerprint density at radius 3 is 2.64 bits per heavy atom. The molecule has 4 heteroatoms. The van der Waals surface area contributed by atoms with Crippen LogP contribution in [0.1, 0.15) is 19.8 Å². The van der Waals surface area contributed by atoms with Gasteiger partial charge >= 0.3 is 0 Å². The molecule has 0 atom stereocenters. The average molecular weight is 215 g/mol. The van der Waals surface area contributed by atoms with Crippen molar-refractivity contribution in [3.63, 3.8) is 0 Å². The molecular weight excluding hydrogens is 194 g/mol. The number of nitrogens with zero attached hydrogens (tertiary/aromatic N) is 2. The summed E-state index contributed by atoms with van der Waals surface area (Å²) in [4.78, 5) is 4.49. The van der Waals surface area contributed by atoms with Crippen LogP contribution in [0.3, 0.4) is 0 Å². The van der Waals surface area contributed by atoms with E-state index in [0.717, 1.165) is 37.8 Å². The number of unbranched alkanes of at least 4 members (excludes halogenated alkanes) is 1. The molecule has 0 bridgehead atoms. The first-order valence-electron chi connectivity index (χ1n) is 5.46. The summed E-state index contributed by atoms with van der Waals surface area (Å²) < 4.78 is 0. The van der Waals surface area contributed by atoms with Gasteiger partial charge in [-0.05, 0) is 18.6 Å². The van der Waals surface area contributed by atoms with E-state index in [1.54, 1.807) is 0 Å². The van der Waals surface area contributed by atoms with Crippen LogP contribution in [0.15, 0.2) is 0 Å². The van der Waals surface area contributed by atoms with Gasteiger partial charge in [-0.15, -0.1) is 0 Å². The molecule has 0 radical (unpaired) electrons. The van der Waals surface area contributed by atoms with E-state index >= 15 is 0 Å². The molecule has 1 saturated heterocycles. The largest absolute Gasteiger partial charge is 0.352 e. The number of hydrogen-bond donors (Lipinski definition) is 1. The first-order valence-corrected chi connectivity index (χ1v) is 5.87. The zero-order valence-electron chi connectivity index (χ0n) is 9.25. The first-order chi connectivity index (χ1) is 6.75. The summed E-state index contributed by atoms with van der Waals surface area (Å²) in [6.45, 7) is 7.51. The molecule has 0 unspecified atom stereocenters. The maximum atomic E-state index is 5.43.